The summed E-state index contributed by atoms with van der Waals surface area (Å²) >= 11 is 0. The van der Waals surface area contributed by atoms with Crippen LogP contribution in [-0.2, 0) is 11.3 Å². The molecule has 2 aliphatic heterocycles. The van der Waals surface area contributed by atoms with E-state index in [4.69, 9.17) is 14.7 Å². The number of aliphatic hydroxyl groups is 1. The van der Waals surface area contributed by atoms with Gasteiger partial charge in [0.05, 0.1) is 24.6 Å². The van der Waals surface area contributed by atoms with Crippen LogP contribution >= 0.6 is 0 Å². The van der Waals surface area contributed by atoms with Crippen LogP contribution in [0, 0.1) is 6.92 Å². The molecule has 2 fully saturated rings. The van der Waals surface area contributed by atoms with Crippen molar-refractivity contribution < 1.29 is 9.84 Å². The van der Waals surface area contributed by atoms with E-state index in [1.54, 1.807) is 0 Å². The Balaban J connectivity index is 1.61. The lowest BCUT2D eigenvalue weighted by Gasteiger charge is -2.36. The number of ether oxygens (including phenoxy) is 1. The predicted molar refractivity (Wildman–Crippen MR) is 93.9 cm³/mol. The number of hydrogen-bond donors (Lipinski definition) is 2. The fraction of sp³-hybridized carbons (Fsp3) is 0.588. The average Bonchev–Trinajstić information content (AvgIpc) is 3.24. The van der Waals surface area contributed by atoms with Gasteiger partial charge >= 0.3 is 0 Å². The second-order valence-electron chi connectivity index (χ2n) is 6.95. The number of hydrogen-bond acceptors (Lipinski definition) is 7. The van der Waals surface area contributed by atoms with Gasteiger partial charge in [-0.1, -0.05) is 0 Å². The molecule has 0 saturated carbocycles. The molecule has 1 atom stereocenters. The summed E-state index contributed by atoms with van der Waals surface area (Å²) in [5, 5.41) is 16.7. The molecule has 1 unspecified atom stereocenters. The first-order valence-electron chi connectivity index (χ1n) is 8.70. The molecule has 8 heteroatoms. The van der Waals surface area contributed by atoms with Gasteiger partial charge in [0, 0.05) is 56.5 Å². The van der Waals surface area contributed by atoms with Crippen LogP contribution in [0.25, 0.3) is 0 Å². The Morgan fingerprint density at radius 3 is 2.88 bits per heavy atom. The molecule has 0 amide bonds. The molecule has 0 aliphatic carbocycles. The molecule has 0 radical (unpaired) electrons. The molecule has 4 rings (SSSR count). The standard InChI is InChI=1S/C17H24N6O2/c1-11-13(6-18-21-11)7-22(2)16-5-15(12-3-4-25-10-12)19-17(20-16)23-8-14(24)9-23/h5-6,12,14,24H,3-4,7-10H2,1-2H3,(H,18,21). The molecule has 2 aromatic rings. The SMILES string of the molecule is Cc1[nH]ncc1CN(C)c1cc(C2CCOC2)nc(N2CC(O)C2)n1. The van der Waals surface area contributed by atoms with Crippen molar-refractivity contribution in [2.24, 2.45) is 0 Å². The first-order valence-corrected chi connectivity index (χ1v) is 8.70. The summed E-state index contributed by atoms with van der Waals surface area (Å²) in [4.78, 5) is 13.6. The van der Waals surface area contributed by atoms with Gasteiger partial charge in [0.25, 0.3) is 0 Å². The molecule has 2 N–H and O–H groups in total. The van der Waals surface area contributed by atoms with E-state index >= 15 is 0 Å². The van der Waals surface area contributed by atoms with Crippen molar-refractivity contribution in [3.8, 4) is 0 Å². The molecule has 2 saturated heterocycles. The fourth-order valence-corrected chi connectivity index (χ4v) is 3.24. The maximum atomic E-state index is 9.60. The zero-order valence-electron chi connectivity index (χ0n) is 14.6. The molecule has 25 heavy (non-hydrogen) atoms. The lowest BCUT2D eigenvalue weighted by atomic mass is 10.0. The van der Waals surface area contributed by atoms with Crippen molar-refractivity contribution in [1.82, 2.24) is 20.2 Å². The Morgan fingerprint density at radius 1 is 1.40 bits per heavy atom. The second kappa shape index (κ2) is 6.61. The number of anilines is 2. The lowest BCUT2D eigenvalue weighted by Crippen LogP contribution is -2.51. The van der Waals surface area contributed by atoms with Crippen molar-refractivity contribution in [1.29, 1.82) is 0 Å². The summed E-state index contributed by atoms with van der Waals surface area (Å²) in [6, 6.07) is 2.06. The summed E-state index contributed by atoms with van der Waals surface area (Å²) in [6.45, 7) is 5.42. The highest BCUT2D eigenvalue weighted by atomic mass is 16.5. The third kappa shape index (κ3) is 3.32. The molecule has 2 aliphatic rings. The quantitative estimate of drug-likeness (QED) is 0.830. The van der Waals surface area contributed by atoms with Crippen LogP contribution in [0.2, 0.25) is 0 Å². The van der Waals surface area contributed by atoms with E-state index in [1.165, 1.54) is 0 Å². The van der Waals surface area contributed by atoms with Gasteiger partial charge in [-0.25, -0.2) is 4.98 Å². The first kappa shape index (κ1) is 16.3. The van der Waals surface area contributed by atoms with E-state index in [-0.39, 0.29) is 6.10 Å². The maximum Gasteiger partial charge on any atom is 0.227 e. The number of aromatic amines is 1. The maximum absolute atomic E-state index is 9.60. The van der Waals surface area contributed by atoms with Gasteiger partial charge in [0.1, 0.15) is 5.82 Å². The van der Waals surface area contributed by atoms with Crippen molar-refractivity contribution in [2.75, 3.05) is 43.2 Å². The normalized spacial score (nSPS) is 20.8. The summed E-state index contributed by atoms with van der Waals surface area (Å²) in [5.74, 6) is 1.89. The molecule has 0 bridgehead atoms. The summed E-state index contributed by atoms with van der Waals surface area (Å²) in [7, 11) is 2.03. The van der Waals surface area contributed by atoms with Crippen molar-refractivity contribution in [3.05, 3.63) is 29.2 Å². The largest absolute Gasteiger partial charge is 0.389 e. The number of β-amino-alcohol motifs (C(OH)–C–C–N with tert-alkyl or cyclic N) is 1. The minimum Gasteiger partial charge on any atom is -0.389 e. The second-order valence-corrected chi connectivity index (χ2v) is 6.95. The zero-order chi connectivity index (χ0) is 17.4. The van der Waals surface area contributed by atoms with Crippen LogP contribution in [0.15, 0.2) is 12.3 Å². The Hall–Kier alpha value is -2.19. The van der Waals surface area contributed by atoms with Crippen molar-refractivity contribution >= 4 is 11.8 Å². The highest BCUT2D eigenvalue weighted by molar-refractivity contribution is 5.48. The van der Waals surface area contributed by atoms with Crippen LogP contribution in [-0.4, -0.2) is 64.7 Å². The van der Waals surface area contributed by atoms with Crippen LogP contribution in [0.4, 0.5) is 11.8 Å². The third-order valence-electron chi connectivity index (χ3n) is 4.95. The van der Waals surface area contributed by atoms with Gasteiger partial charge in [-0.15, -0.1) is 0 Å². The highest BCUT2D eigenvalue weighted by Gasteiger charge is 2.29. The number of aromatic nitrogens is 4. The third-order valence-corrected chi connectivity index (χ3v) is 4.95. The molecule has 8 nitrogen and oxygen atoms in total. The Labute approximate surface area is 146 Å². The van der Waals surface area contributed by atoms with E-state index in [2.05, 4.69) is 21.2 Å². The number of rotatable bonds is 5. The summed E-state index contributed by atoms with van der Waals surface area (Å²) in [5.41, 5.74) is 3.24. The van der Waals surface area contributed by atoms with E-state index in [1.807, 2.05) is 25.1 Å². The molecule has 134 valence electrons. The minimum absolute atomic E-state index is 0.281. The van der Waals surface area contributed by atoms with Gasteiger partial charge in [-0.3, -0.25) is 5.10 Å². The molecule has 0 aromatic carbocycles. The summed E-state index contributed by atoms with van der Waals surface area (Å²) < 4.78 is 5.53. The Kier molecular flexibility index (Phi) is 4.30. The van der Waals surface area contributed by atoms with Crippen molar-refractivity contribution in [3.63, 3.8) is 0 Å². The van der Waals surface area contributed by atoms with Crippen molar-refractivity contribution in [2.45, 2.75) is 31.9 Å². The lowest BCUT2D eigenvalue weighted by molar-refractivity contribution is 0.140. The van der Waals surface area contributed by atoms with Gasteiger partial charge in [0.15, 0.2) is 0 Å². The van der Waals surface area contributed by atoms with E-state index in [0.717, 1.165) is 42.3 Å². The number of aryl methyl sites for hydroxylation is 1. The van der Waals surface area contributed by atoms with Crippen LogP contribution in [0.3, 0.4) is 0 Å². The smallest absolute Gasteiger partial charge is 0.227 e. The minimum atomic E-state index is -0.281. The average molecular weight is 344 g/mol. The number of aliphatic hydroxyl groups excluding tert-OH is 1. The molecular formula is C17H24N6O2. The van der Waals surface area contributed by atoms with Gasteiger partial charge in [-0.05, 0) is 13.3 Å². The van der Waals surface area contributed by atoms with Crippen LogP contribution in [0.5, 0.6) is 0 Å². The van der Waals surface area contributed by atoms with E-state index in [9.17, 15) is 5.11 Å². The Bertz CT molecular complexity index is 736. The van der Waals surface area contributed by atoms with Crippen LogP contribution < -0.4 is 9.80 Å². The van der Waals surface area contributed by atoms with Gasteiger partial charge < -0.3 is 19.6 Å². The molecule has 0 spiro atoms. The molecule has 4 heterocycles. The predicted octanol–water partition coefficient (Wildman–Crippen LogP) is 0.829. The number of nitrogens with one attached hydrogen (secondary N) is 1. The molecular weight excluding hydrogens is 320 g/mol. The van der Waals surface area contributed by atoms with Gasteiger partial charge in [-0.2, -0.15) is 10.1 Å². The monoisotopic (exact) mass is 344 g/mol. The summed E-state index contributed by atoms with van der Waals surface area (Å²) in [6.07, 6.45) is 2.56. The molecule has 2 aromatic heterocycles. The van der Waals surface area contributed by atoms with Crippen LogP contribution in [0.1, 0.15) is 29.3 Å². The van der Waals surface area contributed by atoms with E-state index in [0.29, 0.717) is 31.6 Å². The number of nitrogens with zero attached hydrogens (tertiary/aromatic N) is 5. The van der Waals surface area contributed by atoms with E-state index < -0.39 is 0 Å². The number of H-pyrrole nitrogens is 1. The Morgan fingerprint density at radius 2 is 2.24 bits per heavy atom. The zero-order valence-corrected chi connectivity index (χ0v) is 14.6. The highest BCUT2D eigenvalue weighted by Crippen LogP contribution is 2.29. The van der Waals surface area contributed by atoms with Gasteiger partial charge in [0.2, 0.25) is 5.95 Å². The topological polar surface area (TPSA) is 90.4 Å². The fourth-order valence-electron chi connectivity index (χ4n) is 3.24. The first-order chi connectivity index (χ1) is 12.1.